The van der Waals surface area contributed by atoms with E-state index in [0.29, 0.717) is 44.5 Å². The van der Waals surface area contributed by atoms with E-state index < -0.39 is 48.1 Å². The maximum Gasteiger partial charge on any atom is 0.342 e. The zero-order valence-electron chi connectivity index (χ0n) is 36.5. The Bertz CT molecular complexity index is 2400. The second-order valence-corrected chi connectivity index (χ2v) is 16.8. The summed E-state index contributed by atoms with van der Waals surface area (Å²) in [6, 6.07) is 6.15. The average molecular weight is 921 g/mol. The summed E-state index contributed by atoms with van der Waals surface area (Å²) in [6.45, 7) is 0.827. The van der Waals surface area contributed by atoms with Crippen molar-refractivity contribution in [3.8, 4) is 5.75 Å². The number of nitrogens with one attached hydrogen (secondary N) is 4. The Morgan fingerprint density at radius 1 is 0.985 bits per heavy atom. The van der Waals surface area contributed by atoms with Crippen LogP contribution < -0.4 is 35.8 Å². The number of hydrogen-bond donors (Lipinski definition) is 4. The van der Waals surface area contributed by atoms with E-state index in [1.807, 2.05) is 6.07 Å². The molecule has 3 fully saturated rings. The highest BCUT2D eigenvalue weighted by Crippen LogP contribution is 2.40. The number of ether oxygens (including phenoxy) is 3. The molecule has 4 N–H and O–H groups in total. The van der Waals surface area contributed by atoms with Crippen LogP contribution in [0.2, 0.25) is 0 Å². The third-order valence-corrected chi connectivity index (χ3v) is 12.5. The number of rotatable bonds is 16. The Hall–Kier alpha value is -6.55. The van der Waals surface area contributed by atoms with E-state index in [1.165, 1.54) is 36.2 Å². The van der Waals surface area contributed by atoms with Crippen molar-refractivity contribution in [1.29, 1.82) is 0 Å². The molecular formula is C44H51F3N10O9. The lowest BCUT2D eigenvalue weighted by Crippen LogP contribution is -2.52. The number of piperidine rings is 1. The first-order valence-corrected chi connectivity index (χ1v) is 21.9. The summed E-state index contributed by atoms with van der Waals surface area (Å²) in [7, 11) is 2.58. The molecule has 2 saturated heterocycles. The molecule has 5 heterocycles. The van der Waals surface area contributed by atoms with Gasteiger partial charge < -0.3 is 49.8 Å². The Labute approximate surface area is 377 Å². The minimum Gasteiger partial charge on any atom is -0.495 e. The zero-order valence-corrected chi connectivity index (χ0v) is 36.5. The predicted molar refractivity (Wildman–Crippen MR) is 231 cm³/mol. The topological polar surface area (TPSA) is 217 Å². The molecule has 0 spiro atoms. The van der Waals surface area contributed by atoms with Gasteiger partial charge in [-0.15, -0.1) is 0 Å². The van der Waals surface area contributed by atoms with Crippen molar-refractivity contribution < 1.29 is 56.1 Å². The van der Waals surface area contributed by atoms with Crippen LogP contribution in [-0.4, -0.2) is 146 Å². The molecule has 8 rings (SSSR count). The second-order valence-electron chi connectivity index (χ2n) is 16.8. The third-order valence-electron chi connectivity index (χ3n) is 12.5. The number of amides is 6. The van der Waals surface area contributed by atoms with Gasteiger partial charge in [0.15, 0.2) is 5.82 Å². The fourth-order valence-electron chi connectivity index (χ4n) is 9.07. The number of alkyl halides is 2. The van der Waals surface area contributed by atoms with Crippen LogP contribution in [0.25, 0.3) is 0 Å². The van der Waals surface area contributed by atoms with Crippen LogP contribution in [0.1, 0.15) is 71.2 Å². The number of nitrogens with zero attached hydrogens (tertiary/aromatic N) is 6. The average Bonchev–Trinajstić information content (AvgIpc) is 4.07. The second kappa shape index (κ2) is 19.5. The van der Waals surface area contributed by atoms with Crippen molar-refractivity contribution >= 4 is 64.3 Å². The number of imide groups is 1. The number of anilines is 5. The molecule has 2 aromatic carbocycles. The van der Waals surface area contributed by atoms with Gasteiger partial charge in [0.05, 0.1) is 50.9 Å². The zero-order chi connectivity index (χ0) is 46.7. The molecule has 0 radical (unpaired) electrons. The molecule has 1 saturated carbocycles. The van der Waals surface area contributed by atoms with E-state index >= 15 is 13.2 Å². The lowest BCUT2D eigenvalue weighted by atomic mass is 10.0. The highest BCUT2D eigenvalue weighted by atomic mass is 19.3. The summed E-state index contributed by atoms with van der Waals surface area (Å²) in [4.78, 5) is 90.0. The predicted octanol–water partition coefficient (Wildman–Crippen LogP) is 2.97. The first kappa shape index (κ1) is 46.0. The number of hydrogen-bond acceptors (Lipinski definition) is 14. The fourth-order valence-corrected chi connectivity index (χ4v) is 9.07. The molecule has 22 heteroatoms. The normalized spacial score (nSPS) is 20.6. The number of carbonyl (C=O) groups excluding carboxylic acids is 6. The van der Waals surface area contributed by atoms with Crippen molar-refractivity contribution in [2.45, 2.75) is 75.5 Å². The minimum atomic E-state index is -3.65. The summed E-state index contributed by atoms with van der Waals surface area (Å²) in [5.74, 6) is -7.83. The van der Waals surface area contributed by atoms with Crippen LogP contribution in [-0.2, 0) is 35.2 Å². The minimum absolute atomic E-state index is 0.0619. The summed E-state index contributed by atoms with van der Waals surface area (Å²) < 4.78 is 62.4. The maximum absolute atomic E-state index is 15.6. The molecule has 2 unspecified atom stereocenters. The number of carbonyl (C=O) groups is 6. The molecule has 66 heavy (non-hydrogen) atoms. The molecule has 19 nitrogen and oxygen atoms in total. The molecule has 2 atom stereocenters. The van der Waals surface area contributed by atoms with Crippen molar-refractivity contribution in [3.05, 3.63) is 59.0 Å². The van der Waals surface area contributed by atoms with E-state index in [4.69, 9.17) is 14.2 Å². The van der Waals surface area contributed by atoms with E-state index in [-0.39, 0.29) is 104 Å². The molecule has 6 amide bonds. The Balaban J connectivity index is 0.773. The van der Waals surface area contributed by atoms with Gasteiger partial charge >= 0.3 is 5.92 Å². The van der Waals surface area contributed by atoms with E-state index in [2.05, 4.69) is 31.2 Å². The van der Waals surface area contributed by atoms with Crippen LogP contribution in [0, 0.1) is 5.82 Å². The van der Waals surface area contributed by atoms with Crippen molar-refractivity contribution in [2.24, 2.45) is 0 Å². The summed E-state index contributed by atoms with van der Waals surface area (Å²) in [6.07, 6.45) is 5.18. The lowest BCUT2D eigenvalue weighted by Gasteiger charge is -2.31. The third kappa shape index (κ3) is 9.69. The number of methoxy groups -OCH3 is 1. The Morgan fingerprint density at radius 2 is 1.77 bits per heavy atom. The fraction of sp³-hybridized carbons (Fsp3) is 0.500. The van der Waals surface area contributed by atoms with Gasteiger partial charge in [-0.05, 0) is 43.9 Å². The van der Waals surface area contributed by atoms with Gasteiger partial charge in [0, 0.05) is 74.6 Å². The van der Waals surface area contributed by atoms with Gasteiger partial charge in [0.2, 0.25) is 23.7 Å². The monoisotopic (exact) mass is 920 g/mol. The van der Waals surface area contributed by atoms with Gasteiger partial charge in [-0.25, -0.2) is 9.37 Å². The first-order chi connectivity index (χ1) is 31.7. The van der Waals surface area contributed by atoms with Gasteiger partial charge in [0.1, 0.15) is 29.9 Å². The van der Waals surface area contributed by atoms with Crippen LogP contribution in [0.15, 0.2) is 36.5 Å². The van der Waals surface area contributed by atoms with E-state index in [0.717, 1.165) is 35.1 Å². The van der Waals surface area contributed by atoms with Crippen molar-refractivity contribution in [2.75, 3.05) is 87.2 Å². The highest BCUT2D eigenvalue weighted by Gasteiger charge is 2.49. The summed E-state index contributed by atoms with van der Waals surface area (Å²) >= 11 is 0. The van der Waals surface area contributed by atoms with Gasteiger partial charge in [-0.1, -0.05) is 18.9 Å². The van der Waals surface area contributed by atoms with E-state index in [1.54, 1.807) is 17.0 Å². The molecule has 1 aliphatic carbocycles. The molecule has 0 bridgehead atoms. The van der Waals surface area contributed by atoms with Gasteiger partial charge in [0.25, 0.3) is 17.7 Å². The van der Waals surface area contributed by atoms with Crippen LogP contribution in [0.4, 0.5) is 42.0 Å². The number of likely N-dealkylation sites (tertiary alicyclic amines) is 1. The van der Waals surface area contributed by atoms with Crippen LogP contribution >= 0.6 is 0 Å². The first-order valence-electron chi connectivity index (χ1n) is 21.9. The Kier molecular flexibility index (Phi) is 13.6. The molecule has 5 aliphatic rings. The molecule has 1 aromatic heterocycles. The van der Waals surface area contributed by atoms with Crippen molar-refractivity contribution in [1.82, 2.24) is 30.4 Å². The number of fused-ring (bicyclic) bond motifs is 2. The number of aromatic nitrogens is 2. The SMILES string of the molecule is COc1cc(C(=O)NC2CCN(C(=O)COCCOCCNc3cccc4c3CN(C3CCC(=O)NC3=O)C4=O)C2)c(F)cc1Nc1ncc2c(n1)N(C1CCCC1)CC(F)(F)C(=O)N2C. The van der Waals surface area contributed by atoms with Gasteiger partial charge in [-0.3, -0.25) is 34.1 Å². The maximum atomic E-state index is 15.6. The summed E-state index contributed by atoms with van der Waals surface area (Å²) in [5.41, 5.74) is 1.89. The standard InChI is InChI=1S/C44H51F3N10O9/c1-54-34-20-49-43(53-38(34)57(26-6-3-4-7-26)24-44(46,47)42(54)63)51-32-19-30(45)28(18-35(32)64-2)39(60)50-25-12-14-55(21-25)37(59)23-66-17-16-65-15-13-48-31-9-5-8-27-29(31)22-56(41(27)62)33-10-11-36(58)52-40(33)61/h5,8-9,18-20,25-26,33,48H,3-4,6-7,10-17,21-24H2,1-2H3,(H,50,60)(H,49,51,53)(H,52,58,61). The smallest absolute Gasteiger partial charge is 0.342 e. The lowest BCUT2D eigenvalue weighted by molar-refractivity contribution is -0.140. The van der Waals surface area contributed by atoms with Crippen LogP contribution in [0.5, 0.6) is 5.75 Å². The summed E-state index contributed by atoms with van der Waals surface area (Å²) in [5, 5.41) is 11.2. The Morgan fingerprint density at radius 3 is 2.55 bits per heavy atom. The highest BCUT2D eigenvalue weighted by molar-refractivity contribution is 6.06. The van der Waals surface area contributed by atoms with Gasteiger partial charge in [-0.2, -0.15) is 13.8 Å². The van der Waals surface area contributed by atoms with E-state index in [9.17, 15) is 28.8 Å². The number of benzene rings is 2. The molecular weight excluding hydrogens is 870 g/mol. The number of halogens is 3. The largest absolute Gasteiger partial charge is 0.495 e. The molecule has 4 aliphatic heterocycles. The van der Waals surface area contributed by atoms with Crippen LogP contribution in [0.3, 0.4) is 0 Å². The van der Waals surface area contributed by atoms with Crippen molar-refractivity contribution in [3.63, 3.8) is 0 Å². The quantitative estimate of drug-likeness (QED) is 0.120. The molecule has 3 aromatic rings. The molecule has 352 valence electrons.